The van der Waals surface area contributed by atoms with Gasteiger partial charge in [-0.25, -0.2) is 0 Å². The summed E-state index contributed by atoms with van der Waals surface area (Å²) < 4.78 is 0. The zero-order valence-electron chi connectivity index (χ0n) is 3.28. The molecular formula is C4H5Y-. The molecule has 0 N–H and O–H groups in total. The molecule has 0 aromatic carbocycles. The SMILES string of the molecule is [CH2-]C#CC.[Y]. The van der Waals surface area contributed by atoms with Crippen LogP contribution in [0.15, 0.2) is 0 Å². The van der Waals surface area contributed by atoms with Crippen molar-refractivity contribution in [3.8, 4) is 11.8 Å². The average Bonchev–Trinajstić information content (AvgIpc) is 1.37. The van der Waals surface area contributed by atoms with Crippen LogP contribution in [0, 0.1) is 18.8 Å². The first kappa shape index (κ1) is 9.11. The number of hydrogen-bond acceptors (Lipinski definition) is 0. The topological polar surface area (TPSA) is 0 Å². The smallest absolute Gasteiger partial charge is 0 e. The van der Waals surface area contributed by atoms with Gasteiger partial charge in [-0.3, -0.25) is 5.92 Å². The van der Waals surface area contributed by atoms with Crippen LogP contribution in [0.3, 0.4) is 0 Å². The fourth-order valence-electron chi connectivity index (χ4n) is 0. The van der Waals surface area contributed by atoms with E-state index in [1.54, 1.807) is 6.92 Å². The normalized spacial score (nSPS) is 2.60. The van der Waals surface area contributed by atoms with Crippen molar-refractivity contribution in [2.24, 2.45) is 0 Å². The van der Waals surface area contributed by atoms with Crippen LogP contribution in [-0.2, 0) is 32.7 Å². The summed E-state index contributed by atoms with van der Waals surface area (Å²) in [4.78, 5) is 0. The van der Waals surface area contributed by atoms with Crippen LogP contribution >= 0.6 is 0 Å². The van der Waals surface area contributed by atoms with Gasteiger partial charge in [0.2, 0.25) is 0 Å². The molecule has 0 unspecified atom stereocenters. The van der Waals surface area contributed by atoms with E-state index in [2.05, 4.69) is 18.8 Å². The minimum Gasteiger partial charge on any atom is -0.331 e. The third-order valence-corrected chi connectivity index (χ3v) is 0.177. The van der Waals surface area contributed by atoms with Crippen molar-refractivity contribution >= 4 is 0 Å². The fourth-order valence-corrected chi connectivity index (χ4v) is 0. The maximum Gasteiger partial charge on any atom is 0 e. The third-order valence-electron chi connectivity index (χ3n) is 0.177. The second-order valence-corrected chi connectivity index (χ2v) is 0.427. The van der Waals surface area contributed by atoms with Gasteiger partial charge in [0.15, 0.2) is 0 Å². The van der Waals surface area contributed by atoms with Gasteiger partial charge in [-0.15, -0.1) is 0 Å². The molecule has 5 heavy (non-hydrogen) atoms. The molecule has 1 radical (unpaired) electrons. The zero-order chi connectivity index (χ0) is 3.41. The molecule has 0 heterocycles. The van der Waals surface area contributed by atoms with E-state index in [1.807, 2.05) is 0 Å². The van der Waals surface area contributed by atoms with Crippen LogP contribution in [0.25, 0.3) is 0 Å². The van der Waals surface area contributed by atoms with Gasteiger partial charge < -0.3 is 5.92 Å². The summed E-state index contributed by atoms with van der Waals surface area (Å²) in [5.74, 6) is 5.00. The Morgan fingerprint density at radius 3 is 1.80 bits per heavy atom. The van der Waals surface area contributed by atoms with E-state index in [4.69, 9.17) is 0 Å². The standard InChI is InChI=1S/C4H5.Y/c1-3-4-2;/h1H2,2H3;/q-1;. The van der Waals surface area contributed by atoms with Crippen molar-refractivity contribution in [2.75, 3.05) is 0 Å². The molecule has 0 spiro atoms. The Hall–Kier alpha value is 0.534. The summed E-state index contributed by atoms with van der Waals surface area (Å²) >= 11 is 0. The van der Waals surface area contributed by atoms with Crippen LogP contribution in [0.4, 0.5) is 0 Å². The summed E-state index contributed by atoms with van der Waals surface area (Å²) in [6.45, 7) is 5.00. The van der Waals surface area contributed by atoms with E-state index in [9.17, 15) is 0 Å². The van der Waals surface area contributed by atoms with E-state index < -0.39 is 0 Å². The van der Waals surface area contributed by atoms with Gasteiger partial charge in [0.05, 0.1) is 0 Å². The van der Waals surface area contributed by atoms with Gasteiger partial charge in [-0.2, -0.15) is 6.92 Å². The molecule has 0 amide bonds. The maximum atomic E-state index is 3.24. The van der Waals surface area contributed by atoms with E-state index in [-0.39, 0.29) is 32.7 Å². The molecule has 25 valence electrons. The van der Waals surface area contributed by atoms with E-state index in [0.717, 1.165) is 0 Å². The number of rotatable bonds is 0. The molecule has 0 rings (SSSR count). The van der Waals surface area contributed by atoms with Gasteiger partial charge >= 0.3 is 0 Å². The minimum absolute atomic E-state index is 0. The molecule has 0 aliphatic heterocycles. The van der Waals surface area contributed by atoms with Crippen molar-refractivity contribution in [2.45, 2.75) is 6.92 Å². The second kappa shape index (κ2) is 8.82. The summed E-state index contributed by atoms with van der Waals surface area (Å²) in [7, 11) is 0. The third kappa shape index (κ3) is 12.4. The molecule has 0 aliphatic rings. The van der Waals surface area contributed by atoms with Gasteiger partial charge in [0, 0.05) is 32.7 Å². The Morgan fingerprint density at radius 2 is 1.80 bits per heavy atom. The molecular weight excluding hydrogens is 137 g/mol. The van der Waals surface area contributed by atoms with Gasteiger partial charge in [0.25, 0.3) is 0 Å². The zero-order valence-corrected chi connectivity index (χ0v) is 6.12. The summed E-state index contributed by atoms with van der Waals surface area (Å²) in [6.07, 6.45) is 0. The fraction of sp³-hybridized carbons (Fsp3) is 0.250. The summed E-state index contributed by atoms with van der Waals surface area (Å²) in [5.41, 5.74) is 0. The monoisotopic (exact) mass is 142 g/mol. The Bertz CT molecular complexity index is 40.4. The Kier molecular flexibility index (Phi) is 16.1. The molecule has 0 aliphatic carbocycles. The summed E-state index contributed by atoms with van der Waals surface area (Å²) in [5, 5.41) is 0. The summed E-state index contributed by atoms with van der Waals surface area (Å²) in [6, 6.07) is 0. The molecule has 0 saturated carbocycles. The average molecular weight is 142 g/mol. The van der Waals surface area contributed by atoms with Crippen molar-refractivity contribution < 1.29 is 32.7 Å². The first-order valence-electron chi connectivity index (χ1n) is 1.10. The molecule has 1 heteroatoms. The quantitative estimate of drug-likeness (QED) is 0.347. The first-order chi connectivity index (χ1) is 1.91. The van der Waals surface area contributed by atoms with Crippen LogP contribution in [-0.4, -0.2) is 0 Å². The van der Waals surface area contributed by atoms with Crippen molar-refractivity contribution in [3.63, 3.8) is 0 Å². The van der Waals surface area contributed by atoms with Gasteiger partial charge in [0.1, 0.15) is 0 Å². The Morgan fingerprint density at radius 1 is 1.60 bits per heavy atom. The molecule has 0 bridgehead atoms. The second-order valence-electron chi connectivity index (χ2n) is 0.427. The molecule has 0 saturated heterocycles. The predicted octanol–water partition coefficient (Wildman–Crippen LogP) is 0.841. The minimum atomic E-state index is 0. The first-order valence-corrected chi connectivity index (χ1v) is 1.10. The van der Waals surface area contributed by atoms with Gasteiger partial charge in [-0.05, 0) is 0 Å². The maximum absolute atomic E-state index is 3.24. The van der Waals surface area contributed by atoms with Crippen molar-refractivity contribution in [1.82, 2.24) is 0 Å². The van der Waals surface area contributed by atoms with Crippen LogP contribution in [0.1, 0.15) is 6.92 Å². The molecule has 0 fully saturated rings. The van der Waals surface area contributed by atoms with E-state index in [0.29, 0.717) is 0 Å². The molecule has 0 aromatic heterocycles. The number of hydrogen-bond donors (Lipinski definition) is 0. The Labute approximate surface area is 58.2 Å². The van der Waals surface area contributed by atoms with Crippen molar-refractivity contribution in [3.05, 3.63) is 6.92 Å². The largest absolute Gasteiger partial charge is 0.331 e. The van der Waals surface area contributed by atoms with Crippen LogP contribution < -0.4 is 0 Å². The Balaban J connectivity index is 0. The van der Waals surface area contributed by atoms with Crippen LogP contribution in [0.5, 0.6) is 0 Å². The molecule has 0 nitrogen and oxygen atoms in total. The van der Waals surface area contributed by atoms with E-state index in [1.165, 1.54) is 0 Å². The van der Waals surface area contributed by atoms with Crippen LogP contribution in [0.2, 0.25) is 0 Å². The van der Waals surface area contributed by atoms with Crippen molar-refractivity contribution in [1.29, 1.82) is 0 Å². The van der Waals surface area contributed by atoms with E-state index >= 15 is 0 Å². The van der Waals surface area contributed by atoms with Gasteiger partial charge in [-0.1, -0.05) is 6.92 Å². The predicted molar refractivity (Wildman–Crippen MR) is 18.8 cm³/mol. The molecule has 0 aromatic rings. The molecule has 0 atom stereocenters.